The fourth-order valence-corrected chi connectivity index (χ4v) is 1.42. The first kappa shape index (κ1) is 6.34. The molecule has 0 aromatic carbocycles. The first-order valence-corrected chi connectivity index (χ1v) is 3.54. The molecule has 0 saturated carbocycles. The van der Waals surface area contributed by atoms with Crippen LogP contribution in [0.5, 0.6) is 0 Å². The predicted molar refractivity (Wildman–Crippen MR) is 36.4 cm³/mol. The van der Waals surface area contributed by atoms with Crippen LogP contribution < -0.4 is 5.73 Å². The molecule has 10 heavy (non-hydrogen) atoms. The molecule has 0 bridgehead atoms. The van der Waals surface area contributed by atoms with E-state index in [2.05, 4.69) is 0 Å². The molecule has 1 aliphatic heterocycles. The number of nitrogens with two attached hydrogens (primary N) is 1. The molecule has 56 valence electrons. The number of ether oxygens (including phenoxy) is 2. The molecule has 0 aromatic heterocycles. The molecular weight excluding hydrogens is 130 g/mol. The summed E-state index contributed by atoms with van der Waals surface area (Å²) in [5, 5.41) is 0. The second-order valence-corrected chi connectivity index (χ2v) is 2.74. The van der Waals surface area contributed by atoms with E-state index >= 15 is 0 Å². The number of rotatable bonds is 0. The maximum Gasteiger partial charge on any atom is 0.189 e. The van der Waals surface area contributed by atoms with E-state index in [1.54, 1.807) is 0 Å². The lowest BCUT2D eigenvalue weighted by Crippen LogP contribution is -2.29. The molecule has 0 unspecified atom stereocenters. The van der Waals surface area contributed by atoms with Crippen LogP contribution in [0.25, 0.3) is 0 Å². The Labute approximate surface area is 59.8 Å². The Morgan fingerprint density at radius 2 is 2.10 bits per heavy atom. The summed E-state index contributed by atoms with van der Waals surface area (Å²) in [5.74, 6) is -0.445. The predicted octanol–water partition coefficient (Wildman–Crippen LogP) is 0.0167. The van der Waals surface area contributed by atoms with Crippen molar-refractivity contribution in [2.45, 2.75) is 18.2 Å². The quantitative estimate of drug-likeness (QED) is 0.483. The van der Waals surface area contributed by atoms with E-state index in [9.17, 15) is 0 Å². The van der Waals surface area contributed by atoms with Crippen molar-refractivity contribution in [3.8, 4) is 0 Å². The van der Waals surface area contributed by atoms with E-state index in [1.165, 1.54) is 0 Å². The fraction of sp³-hybridized carbons (Fsp3) is 0.714. The largest absolute Gasteiger partial charge is 0.344 e. The molecule has 2 N–H and O–H groups in total. The molecule has 0 radical (unpaired) electrons. The molecule has 1 aliphatic carbocycles. The average Bonchev–Trinajstić information content (AvgIpc) is 2.46. The highest BCUT2D eigenvalue weighted by molar-refractivity contribution is 5.12. The van der Waals surface area contributed by atoms with Crippen molar-refractivity contribution in [2.24, 2.45) is 5.73 Å². The summed E-state index contributed by atoms with van der Waals surface area (Å²) in [6.45, 7) is 1.38. The maximum atomic E-state index is 5.64. The van der Waals surface area contributed by atoms with Crippen LogP contribution >= 0.6 is 0 Å². The Morgan fingerprint density at radius 1 is 1.40 bits per heavy atom. The van der Waals surface area contributed by atoms with Gasteiger partial charge in [0.2, 0.25) is 0 Å². The Hall–Kier alpha value is -0.380. The van der Waals surface area contributed by atoms with Crippen LogP contribution in [0.3, 0.4) is 0 Å². The van der Waals surface area contributed by atoms with Gasteiger partial charge in [-0.3, -0.25) is 0 Å². The standard InChI is InChI=1S/C7H11NO2/c8-6-1-2-7(5-6)9-3-4-10-7/h1-2,6H,3-5,8H2/t6-/m0/s1. The summed E-state index contributed by atoms with van der Waals surface area (Å²) in [4.78, 5) is 0. The van der Waals surface area contributed by atoms with E-state index in [1.807, 2.05) is 12.2 Å². The zero-order chi connectivity index (χ0) is 7.03. The van der Waals surface area contributed by atoms with E-state index in [0.29, 0.717) is 13.2 Å². The summed E-state index contributed by atoms with van der Waals surface area (Å²) >= 11 is 0. The fourth-order valence-electron chi connectivity index (χ4n) is 1.42. The molecule has 1 atom stereocenters. The Bertz CT molecular complexity index is 161. The first-order valence-electron chi connectivity index (χ1n) is 3.54. The van der Waals surface area contributed by atoms with E-state index < -0.39 is 5.79 Å². The molecule has 1 spiro atoms. The molecule has 2 aliphatic rings. The van der Waals surface area contributed by atoms with Crippen molar-refractivity contribution in [3.63, 3.8) is 0 Å². The van der Waals surface area contributed by atoms with Gasteiger partial charge in [0.25, 0.3) is 0 Å². The molecule has 2 rings (SSSR count). The zero-order valence-electron chi connectivity index (χ0n) is 5.75. The number of hydrogen-bond acceptors (Lipinski definition) is 3. The van der Waals surface area contributed by atoms with Crippen LogP contribution in [-0.4, -0.2) is 25.0 Å². The topological polar surface area (TPSA) is 44.5 Å². The van der Waals surface area contributed by atoms with Crippen LogP contribution in [0.2, 0.25) is 0 Å². The summed E-state index contributed by atoms with van der Waals surface area (Å²) in [7, 11) is 0. The smallest absolute Gasteiger partial charge is 0.189 e. The van der Waals surface area contributed by atoms with E-state index in [-0.39, 0.29) is 6.04 Å². The second kappa shape index (κ2) is 2.05. The van der Waals surface area contributed by atoms with E-state index in [4.69, 9.17) is 15.2 Å². The van der Waals surface area contributed by atoms with Gasteiger partial charge < -0.3 is 15.2 Å². The molecular formula is C7H11NO2. The van der Waals surface area contributed by atoms with Gasteiger partial charge in [-0.25, -0.2) is 0 Å². The monoisotopic (exact) mass is 141 g/mol. The molecule has 0 aromatic rings. The van der Waals surface area contributed by atoms with Gasteiger partial charge in [-0.2, -0.15) is 0 Å². The lowest BCUT2D eigenvalue weighted by molar-refractivity contribution is -0.116. The minimum atomic E-state index is -0.445. The highest BCUT2D eigenvalue weighted by atomic mass is 16.7. The highest BCUT2D eigenvalue weighted by Crippen LogP contribution is 2.30. The van der Waals surface area contributed by atoms with E-state index in [0.717, 1.165) is 6.42 Å². The van der Waals surface area contributed by atoms with Crippen molar-refractivity contribution >= 4 is 0 Å². The minimum absolute atomic E-state index is 0.109. The summed E-state index contributed by atoms with van der Waals surface area (Å²) in [5.41, 5.74) is 5.64. The van der Waals surface area contributed by atoms with Gasteiger partial charge in [0.15, 0.2) is 5.79 Å². The minimum Gasteiger partial charge on any atom is -0.344 e. The number of hydrogen-bond donors (Lipinski definition) is 1. The highest BCUT2D eigenvalue weighted by Gasteiger charge is 2.38. The maximum absolute atomic E-state index is 5.64. The van der Waals surface area contributed by atoms with Crippen LogP contribution in [-0.2, 0) is 9.47 Å². The molecule has 0 amide bonds. The normalized spacial score (nSPS) is 35.9. The van der Waals surface area contributed by atoms with Crippen LogP contribution in [0, 0.1) is 0 Å². The lowest BCUT2D eigenvalue weighted by Gasteiger charge is -2.19. The van der Waals surface area contributed by atoms with Gasteiger partial charge in [-0.15, -0.1) is 0 Å². The van der Waals surface area contributed by atoms with Crippen LogP contribution in [0.15, 0.2) is 12.2 Å². The second-order valence-electron chi connectivity index (χ2n) is 2.74. The lowest BCUT2D eigenvalue weighted by atomic mass is 10.2. The van der Waals surface area contributed by atoms with Gasteiger partial charge in [-0.1, -0.05) is 6.08 Å². The third-order valence-corrected chi connectivity index (χ3v) is 1.89. The van der Waals surface area contributed by atoms with Crippen molar-refractivity contribution in [1.29, 1.82) is 0 Å². The van der Waals surface area contributed by atoms with Gasteiger partial charge in [-0.05, 0) is 6.08 Å². The van der Waals surface area contributed by atoms with Gasteiger partial charge in [0.1, 0.15) is 0 Å². The zero-order valence-corrected chi connectivity index (χ0v) is 5.75. The first-order chi connectivity index (χ1) is 4.81. The third kappa shape index (κ3) is 0.868. The summed E-state index contributed by atoms with van der Waals surface area (Å²) in [6, 6.07) is 0.109. The average molecular weight is 141 g/mol. The molecule has 3 nitrogen and oxygen atoms in total. The van der Waals surface area contributed by atoms with Gasteiger partial charge in [0.05, 0.1) is 13.2 Å². The van der Waals surface area contributed by atoms with Crippen LogP contribution in [0.1, 0.15) is 6.42 Å². The SMILES string of the molecule is N[C@H]1C=CC2(C1)OCCO2. The Balaban J connectivity index is 2.11. The Kier molecular flexibility index (Phi) is 1.30. The Morgan fingerprint density at radius 3 is 2.60 bits per heavy atom. The molecule has 1 heterocycles. The van der Waals surface area contributed by atoms with Crippen molar-refractivity contribution in [2.75, 3.05) is 13.2 Å². The molecule has 1 saturated heterocycles. The van der Waals surface area contributed by atoms with Gasteiger partial charge >= 0.3 is 0 Å². The van der Waals surface area contributed by atoms with Crippen molar-refractivity contribution in [1.82, 2.24) is 0 Å². The third-order valence-electron chi connectivity index (χ3n) is 1.89. The summed E-state index contributed by atoms with van der Waals surface area (Å²) < 4.78 is 10.8. The molecule has 1 fully saturated rings. The van der Waals surface area contributed by atoms with Crippen molar-refractivity contribution in [3.05, 3.63) is 12.2 Å². The van der Waals surface area contributed by atoms with Crippen LogP contribution in [0.4, 0.5) is 0 Å². The van der Waals surface area contributed by atoms with Crippen molar-refractivity contribution < 1.29 is 9.47 Å². The summed E-state index contributed by atoms with van der Waals surface area (Å²) in [6.07, 6.45) is 4.63. The van der Waals surface area contributed by atoms with Gasteiger partial charge in [0, 0.05) is 12.5 Å². The molecule has 3 heteroatoms.